The number of nitriles is 1. The average molecular weight is 136 g/mol. The maximum Gasteiger partial charge on any atom is 0.0670 e. The molecule has 1 aliphatic heterocycles. The molecule has 0 N–H and O–H groups in total. The Hall–Kier alpha value is -0.550. The highest BCUT2D eigenvalue weighted by Gasteiger charge is 2.52. The van der Waals surface area contributed by atoms with Gasteiger partial charge in [0, 0.05) is 12.1 Å². The second-order valence-corrected chi connectivity index (χ2v) is 3.64. The molecular formula is C8H12N2. The van der Waals surface area contributed by atoms with Crippen LogP contribution in [0.2, 0.25) is 0 Å². The lowest BCUT2D eigenvalue weighted by Crippen LogP contribution is -2.26. The van der Waals surface area contributed by atoms with Gasteiger partial charge in [-0.1, -0.05) is 0 Å². The fourth-order valence-electron chi connectivity index (χ4n) is 2.02. The van der Waals surface area contributed by atoms with E-state index in [1.807, 2.05) is 0 Å². The van der Waals surface area contributed by atoms with Crippen molar-refractivity contribution in [1.29, 1.82) is 5.26 Å². The van der Waals surface area contributed by atoms with E-state index in [9.17, 15) is 0 Å². The molecule has 54 valence electrons. The third-order valence-electron chi connectivity index (χ3n) is 2.94. The highest BCUT2D eigenvalue weighted by atomic mass is 15.2. The van der Waals surface area contributed by atoms with E-state index in [0.717, 1.165) is 13.0 Å². The zero-order valence-electron chi connectivity index (χ0n) is 6.30. The zero-order chi connectivity index (χ0) is 7.19. The van der Waals surface area contributed by atoms with Crippen LogP contribution in [0.25, 0.3) is 0 Å². The molecular weight excluding hydrogens is 124 g/mol. The molecule has 0 aromatic rings. The van der Waals surface area contributed by atoms with Gasteiger partial charge >= 0.3 is 0 Å². The SMILES string of the molecule is CN1CC(C#N)CC12CC2. The fraction of sp³-hybridized carbons (Fsp3) is 0.875. The lowest BCUT2D eigenvalue weighted by molar-refractivity contribution is 0.290. The predicted octanol–water partition coefficient (Wildman–Crippen LogP) is 0.994. The van der Waals surface area contributed by atoms with Crippen LogP contribution in [-0.4, -0.2) is 24.0 Å². The van der Waals surface area contributed by atoms with E-state index in [-0.39, 0.29) is 0 Å². The second-order valence-electron chi connectivity index (χ2n) is 3.64. The van der Waals surface area contributed by atoms with Gasteiger partial charge < -0.3 is 0 Å². The van der Waals surface area contributed by atoms with Crippen LogP contribution in [0.15, 0.2) is 0 Å². The number of nitrogens with zero attached hydrogens (tertiary/aromatic N) is 2. The van der Waals surface area contributed by atoms with Gasteiger partial charge in [0.1, 0.15) is 0 Å². The third-order valence-corrected chi connectivity index (χ3v) is 2.94. The van der Waals surface area contributed by atoms with Crippen molar-refractivity contribution in [3.8, 4) is 6.07 Å². The molecule has 1 aliphatic carbocycles. The van der Waals surface area contributed by atoms with Crippen molar-refractivity contribution in [1.82, 2.24) is 4.90 Å². The monoisotopic (exact) mass is 136 g/mol. The van der Waals surface area contributed by atoms with Gasteiger partial charge in [-0.3, -0.25) is 4.90 Å². The molecule has 0 radical (unpaired) electrons. The topological polar surface area (TPSA) is 27.0 Å². The maximum atomic E-state index is 8.67. The van der Waals surface area contributed by atoms with E-state index in [1.54, 1.807) is 0 Å². The van der Waals surface area contributed by atoms with Crippen LogP contribution in [0, 0.1) is 17.2 Å². The summed E-state index contributed by atoms with van der Waals surface area (Å²) in [4.78, 5) is 2.36. The largest absolute Gasteiger partial charge is 0.299 e. The molecule has 2 nitrogen and oxygen atoms in total. The highest BCUT2D eigenvalue weighted by Crippen LogP contribution is 2.50. The number of likely N-dealkylation sites (tertiary alicyclic amines) is 1. The van der Waals surface area contributed by atoms with E-state index < -0.39 is 0 Å². The smallest absolute Gasteiger partial charge is 0.0670 e. The van der Waals surface area contributed by atoms with Crippen molar-refractivity contribution < 1.29 is 0 Å². The van der Waals surface area contributed by atoms with E-state index in [1.165, 1.54) is 12.8 Å². The molecule has 0 aromatic carbocycles. The summed E-state index contributed by atoms with van der Waals surface area (Å²) < 4.78 is 0. The summed E-state index contributed by atoms with van der Waals surface area (Å²) in [6, 6.07) is 2.35. The van der Waals surface area contributed by atoms with Crippen LogP contribution in [0.5, 0.6) is 0 Å². The molecule has 1 atom stereocenters. The summed E-state index contributed by atoms with van der Waals surface area (Å²) in [5, 5.41) is 8.67. The first-order valence-corrected chi connectivity index (χ1v) is 3.88. The van der Waals surface area contributed by atoms with Gasteiger partial charge in [-0.15, -0.1) is 0 Å². The molecule has 2 fully saturated rings. The van der Waals surface area contributed by atoms with Crippen LogP contribution < -0.4 is 0 Å². The Morgan fingerprint density at radius 3 is 2.60 bits per heavy atom. The molecule has 0 bridgehead atoms. The average Bonchev–Trinajstić information content (AvgIpc) is 2.60. The Balaban J connectivity index is 2.10. The molecule has 1 saturated carbocycles. The fourth-order valence-corrected chi connectivity index (χ4v) is 2.02. The van der Waals surface area contributed by atoms with E-state index in [4.69, 9.17) is 5.26 Å². The Morgan fingerprint density at radius 2 is 2.30 bits per heavy atom. The highest BCUT2D eigenvalue weighted by molar-refractivity contribution is 5.12. The van der Waals surface area contributed by atoms with Gasteiger partial charge in [0.2, 0.25) is 0 Å². The van der Waals surface area contributed by atoms with E-state index in [2.05, 4.69) is 18.0 Å². The van der Waals surface area contributed by atoms with Crippen LogP contribution in [-0.2, 0) is 0 Å². The van der Waals surface area contributed by atoms with Crippen molar-refractivity contribution in [2.75, 3.05) is 13.6 Å². The third kappa shape index (κ3) is 0.674. The van der Waals surface area contributed by atoms with Gasteiger partial charge in [-0.2, -0.15) is 5.26 Å². The molecule has 0 aromatic heterocycles. The summed E-state index contributed by atoms with van der Waals surface area (Å²) in [5.74, 6) is 0.312. The molecule has 1 saturated heterocycles. The normalized spacial score (nSPS) is 36.2. The van der Waals surface area contributed by atoms with E-state index in [0.29, 0.717) is 11.5 Å². The minimum atomic E-state index is 0.312. The number of hydrogen-bond donors (Lipinski definition) is 0. The van der Waals surface area contributed by atoms with Gasteiger partial charge in [-0.25, -0.2) is 0 Å². The lowest BCUT2D eigenvalue weighted by atomic mass is 10.1. The Bertz CT molecular complexity index is 188. The Labute approximate surface area is 61.4 Å². The molecule has 0 amide bonds. The molecule has 1 spiro atoms. The maximum absolute atomic E-state index is 8.67. The summed E-state index contributed by atoms with van der Waals surface area (Å²) in [5.41, 5.74) is 0.487. The van der Waals surface area contributed by atoms with Crippen LogP contribution in [0.1, 0.15) is 19.3 Å². The minimum absolute atomic E-state index is 0.312. The molecule has 2 heteroatoms. The summed E-state index contributed by atoms with van der Waals surface area (Å²) in [7, 11) is 2.14. The van der Waals surface area contributed by atoms with Crippen LogP contribution >= 0.6 is 0 Å². The zero-order valence-corrected chi connectivity index (χ0v) is 6.30. The standard InChI is InChI=1S/C8H12N2/c1-10-6-7(5-9)4-8(10)2-3-8/h7H,2-4,6H2,1H3. The lowest BCUT2D eigenvalue weighted by Gasteiger charge is -2.16. The second kappa shape index (κ2) is 1.73. The number of hydrogen-bond acceptors (Lipinski definition) is 2. The van der Waals surface area contributed by atoms with Crippen molar-refractivity contribution >= 4 is 0 Å². The first-order chi connectivity index (χ1) is 4.77. The van der Waals surface area contributed by atoms with Gasteiger partial charge in [0.05, 0.1) is 12.0 Å². The molecule has 2 aliphatic rings. The molecule has 2 rings (SSSR count). The minimum Gasteiger partial charge on any atom is -0.299 e. The number of rotatable bonds is 0. The summed E-state index contributed by atoms with van der Waals surface area (Å²) >= 11 is 0. The van der Waals surface area contributed by atoms with Gasteiger partial charge in [0.25, 0.3) is 0 Å². The summed E-state index contributed by atoms with van der Waals surface area (Å²) in [6.45, 7) is 0.997. The Kier molecular flexibility index (Phi) is 1.07. The Morgan fingerprint density at radius 1 is 1.60 bits per heavy atom. The van der Waals surface area contributed by atoms with E-state index >= 15 is 0 Å². The van der Waals surface area contributed by atoms with Crippen molar-refractivity contribution in [3.63, 3.8) is 0 Å². The van der Waals surface area contributed by atoms with Gasteiger partial charge in [0.15, 0.2) is 0 Å². The van der Waals surface area contributed by atoms with Crippen LogP contribution in [0.3, 0.4) is 0 Å². The first kappa shape index (κ1) is 6.18. The molecule has 1 unspecified atom stereocenters. The quantitative estimate of drug-likeness (QED) is 0.496. The summed E-state index contributed by atoms with van der Waals surface area (Å²) in [6.07, 6.45) is 3.77. The van der Waals surface area contributed by atoms with Crippen molar-refractivity contribution in [2.24, 2.45) is 5.92 Å². The predicted molar refractivity (Wildman–Crippen MR) is 38.3 cm³/mol. The van der Waals surface area contributed by atoms with Crippen molar-refractivity contribution in [2.45, 2.75) is 24.8 Å². The van der Waals surface area contributed by atoms with Crippen LogP contribution in [0.4, 0.5) is 0 Å². The van der Waals surface area contributed by atoms with Crippen molar-refractivity contribution in [3.05, 3.63) is 0 Å². The molecule has 1 heterocycles. The first-order valence-electron chi connectivity index (χ1n) is 3.88. The molecule has 10 heavy (non-hydrogen) atoms. The van der Waals surface area contributed by atoms with Gasteiger partial charge in [-0.05, 0) is 26.3 Å².